The first-order valence-electron chi connectivity index (χ1n) is 3.92. The minimum absolute atomic E-state index is 0.00579. The number of nitrogens with zero attached hydrogens (tertiary/aromatic N) is 1. The van der Waals surface area contributed by atoms with E-state index < -0.39 is 17.4 Å². The number of aromatic amines is 1. The molecule has 0 amide bonds. The van der Waals surface area contributed by atoms with Gasteiger partial charge in [0, 0.05) is 12.7 Å². The second kappa shape index (κ2) is 4.41. The maximum atomic E-state index is 11.1. The number of halogens is 1. The molecule has 0 fully saturated rings. The molecule has 0 aliphatic carbocycles. The van der Waals surface area contributed by atoms with Gasteiger partial charge in [0.15, 0.2) is 0 Å². The first-order chi connectivity index (χ1) is 6.54. The summed E-state index contributed by atoms with van der Waals surface area (Å²) in [5.74, 6) is 0. The van der Waals surface area contributed by atoms with Gasteiger partial charge in [0.25, 0.3) is 5.56 Å². The minimum atomic E-state index is -0.838. The molecule has 6 nitrogen and oxygen atoms in total. The van der Waals surface area contributed by atoms with Gasteiger partial charge in [-0.1, -0.05) is 11.6 Å². The van der Waals surface area contributed by atoms with E-state index in [2.05, 4.69) is 0 Å². The molecular weight excluding hydrogens is 210 g/mol. The molecule has 1 aromatic rings. The number of aliphatic hydroxyl groups excluding tert-OH is 1. The quantitative estimate of drug-likeness (QED) is 0.577. The molecule has 1 rings (SSSR count). The van der Waals surface area contributed by atoms with Crippen LogP contribution in [-0.4, -0.2) is 27.3 Å². The number of nitrogens with two attached hydrogens (primary N) is 1. The van der Waals surface area contributed by atoms with Crippen molar-refractivity contribution >= 4 is 11.6 Å². The zero-order valence-electron chi connectivity index (χ0n) is 7.24. The van der Waals surface area contributed by atoms with Crippen molar-refractivity contribution in [2.24, 2.45) is 5.73 Å². The zero-order valence-corrected chi connectivity index (χ0v) is 7.99. The molecule has 0 saturated carbocycles. The molecule has 1 atom stereocenters. The van der Waals surface area contributed by atoms with Gasteiger partial charge < -0.3 is 10.8 Å². The standard InChI is InChI=1S/C7H10ClN3O3/c8-5-3-11(2-4(12)1-9)7(14)10-6(5)13/h3-4,12H,1-2,9H2,(H,10,13,14)/t4-/m1/s1. The second-order valence-electron chi connectivity index (χ2n) is 2.78. The fraction of sp³-hybridized carbons (Fsp3) is 0.429. The molecule has 0 bridgehead atoms. The van der Waals surface area contributed by atoms with E-state index in [0.717, 1.165) is 4.57 Å². The number of H-pyrrole nitrogens is 1. The summed E-state index contributed by atoms with van der Waals surface area (Å²) in [4.78, 5) is 24.0. The SMILES string of the molecule is NC[C@@H](O)Cn1cc(Cl)c(=O)[nH]c1=O. The Morgan fingerprint density at radius 3 is 2.86 bits per heavy atom. The molecule has 0 spiro atoms. The van der Waals surface area contributed by atoms with E-state index in [1.165, 1.54) is 6.20 Å². The van der Waals surface area contributed by atoms with Gasteiger partial charge in [0.1, 0.15) is 5.02 Å². The van der Waals surface area contributed by atoms with Crippen molar-refractivity contribution in [1.29, 1.82) is 0 Å². The lowest BCUT2D eigenvalue weighted by molar-refractivity contribution is 0.160. The Bertz CT molecular complexity index is 425. The van der Waals surface area contributed by atoms with E-state index in [1.54, 1.807) is 0 Å². The average Bonchev–Trinajstić information content (AvgIpc) is 2.14. The number of nitrogens with one attached hydrogen (secondary N) is 1. The summed E-state index contributed by atoms with van der Waals surface area (Å²) < 4.78 is 1.10. The molecule has 0 aromatic carbocycles. The summed E-state index contributed by atoms with van der Waals surface area (Å²) in [7, 11) is 0. The molecular formula is C7H10ClN3O3. The van der Waals surface area contributed by atoms with Gasteiger partial charge in [-0.2, -0.15) is 0 Å². The van der Waals surface area contributed by atoms with Crippen LogP contribution in [0.5, 0.6) is 0 Å². The van der Waals surface area contributed by atoms with E-state index in [1.807, 2.05) is 4.98 Å². The van der Waals surface area contributed by atoms with Crippen LogP contribution in [-0.2, 0) is 6.54 Å². The van der Waals surface area contributed by atoms with Crippen molar-refractivity contribution in [2.45, 2.75) is 12.6 Å². The number of rotatable bonds is 3. The third-order valence-electron chi connectivity index (χ3n) is 1.65. The van der Waals surface area contributed by atoms with E-state index in [-0.39, 0.29) is 18.1 Å². The van der Waals surface area contributed by atoms with Crippen molar-refractivity contribution in [1.82, 2.24) is 9.55 Å². The highest BCUT2D eigenvalue weighted by atomic mass is 35.5. The van der Waals surface area contributed by atoms with Crippen LogP contribution in [0.1, 0.15) is 0 Å². The van der Waals surface area contributed by atoms with Crippen molar-refractivity contribution < 1.29 is 5.11 Å². The number of aliphatic hydroxyl groups is 1. The Kier molecular flexibility index (Phi) is 3.45. The molecule has 7 heteroatoms. The van der Waals surface area contributed by atoms with Gasteiger partial charge in [-0.25, -0.2) is 4.79 Å². The lowest BCUT2D eigenvalue weighted by atomic mass is 10.3. The maximum Gasteiger partial charge on any atom is 0.328 e. The Labute approximate surface area is 83.9 Å². The summed E-state index contributed by atoms with van der Waals surface area (Å²) in [6.45, 7) is 0.0367. The smallest absolute Gasteiger partial charge is 0.328 e. The average molecular weight is 220 g/mol. The van der Waals surface area contributed by atoms with Gasteiger partial charge in [0.05, 0.1) is 12.6 Å². The van der Waals surface area contributed by atoms with Gasteiger partial charge >= 0.3 is 5.69 Å². The molecule has 0 radical (unpaired) electrons. The lowest BCUT2D eigenvalue weighted by Crippen LogP contribution is -2.35. The maximum absolute atomic E-state index is 11.1. The predicted molar refractivity (Wildman–Crippen MR) is 51.4 cm³/mol. The molecule has 1 aromatic heterocycles. The second-order valence-corrected chi connectivity index (χ2v) is 3.19. The highest BCUT2D eigenvalue weighted by molar-refractivity contribution is 6.30. The highest BCUT2D eigenvalue weighted by Crippen LogP contribution is 1.96. The van der Waals surface area contributed by atoms with Gasteiger partial charge in [0.2, 0.25) is 0 Å². The number of aromatic nitrogens is 2. The Morgan fingerprint density at radius 2 is 2.29 bits per heavy atom. The van der Waals surface area contributed by atoms with Crippen LogP contribution in [0.3, 0.4) is 0 Å². The predicted octanol–water partition coefficient (Wildman–Crippen LogP) is -1.49. The van der Waals surface area contributed by atoms with Crippen LogP contribution >= 0.6 is 11.6 Å². The molecule has 0 saturated heterocycles. The van der Waals surface area contributed by atoms with E-state index in [4.69, 9.17) is 17.3 Å². The molecule has 0 unspecified atom stereocenters. The van der Waals surface area contributed by atoms with Crippen LogP contribution in [0.15, 0.2) is 15.8 Å². The number of hydrogen-bond acceptors (Lipinski definition) is 4. The summed E-state index contributed by atoms with van der Waals surface area (Å²) in [5, 5.41) is 9.07. The van der Waals surface area contributed by atoms with Crippen LogP contribution in [0, 0.1) is 0 Å². The van der Waals surface area contributed by atoms with Gasteiger partial charge in [-0.05, 0) is 0 Å². The third kappa shape index (κ3) is 2.44. The fourth-order valence-electron chi connectivity index (χ4n) is 0.920. The van der Waals surface area contributed by atoms with Crippen molar-refractivity contribution in [3.8, 4) is 0 Å². The largest absolute Gasteiger partial charge is 0.390 e. The van der Waals surface area contributed by atoms with E-state index in [0.29, 0.717) is 0 Å². The van der Waals surface area contributed by atoms with Crippen LogP contribution in [0.2, 0.25) is 5.02 Å². The third-order valence-corrected chi connectivity index (χ3v) is 1.92. The molecule has 1 heterocycles. The van der Waals surface area contributed by atoms with Crippen molar-refractivity contribution in [3.05, 3.63) is 32.1 Å². The zero-order chi connectivity index (χ0) is 10.7. The Hall–Kier alpha value is -1.11. The van der Waals surface area contributed by atoms with Crippen LogP contribution < -0.4 is 17.0 Å². The van der Waals surface area contributed by atoms with Gasteiger partial charge in [-0.15, -0.1) is 0 Å². The summed E-state index contributed by atoms with van der Waals surface area (Å²) in [5.41, 5.74) is 3.91. The topological polar surface area (TPSA) is 101 Å². The van der Waals surface area contributed by atoms with Gasteiger partial charge in [-0.3, -0.25) is 14.3 Å². The van der Waals surface area contributed by atoms with Crippen molar-refractivity contribution in [2.75, 3.05) is 6.54 Å². The molecule has 14 heavy (non-hydrogen) atoms. The van der Waals surface area contributed by atoms with Crippen LogP contribution in [0.25, 0.3) is 0 Å². The normalized spacial score (nSPS) is 12.8. The number of hydrogen-bond donors (Lipinski definition) is 3. The Morgan fingerprint density at radius 1 is 1.64 bits per heavy atom. The molecule has 0 aliphatic rings. The summed E-state index contributed by atoms with van der Waals surface area (Å²) >= 11 is 5.50. The molecule has 0 aliphatic heterocycles. The summed E-state index contributed by atoms with van der Waals surface area (Å²) in [6, 6.07) is 0. The van der Waals surface area contributed by atoms with E-state index in [9.17, 15) is 14.7 Å². The molecule has 4 N–H and O–H groups in total. The highest BCUT2D eigenvalue weighted by Gasteiger charge is 2.06. The van der Waals surface area contributed by atoms with Crippen LogP contribution in [0.4, 0.5) is 0 Å². The van der Waals surface area contributed by atoms with Crippen molar-refractivity contribution in [3.63, 3.8) is 0 Å². The molecule has 78 valence electrons. The summed E-state index contributed by atoms with van der Waals surface area (Å²) in [6.07, 6.45) is 0.330. The van der Waals surface area contributed by atoms with E-state index >= 15 is 0 Å². The lowest BCUT2D eigenvalue weighted by Gasteiger charge is -2.09. The fourth-order valence-corrected chi connectivity index (χ4v) is 1.08. The Balaban J connectivity index is 3.04. The monoisotopic (exact) mass is 219 g/mol. The first kappa shape index (κ1) is 11.0. The first-order valence-corrected chi connectivity index (χ1v) is 4.29. The minimum Gasteiger partial charge on any atom is -0.390 e.